The average molecular weight is 982 g/mol. The van der Waals surface area contributed by atoms with E-state index in [1.54, 1.807) is 13.1 Å². The fraction of sp³-hybridized carbons (Fsp3) is 0.586. The molecule has 5 aliphatic heterocycles. The van der Waals surface area contributed by atoms with Crippen molar-refractivity contribution in [3.05, 3.63) is 117 Å². The molecule has 10 N–H and O–H groups in total. The number of ether oxygens (including phenoxy) is 2. The Morgan fingerprint density at radius 2 is 1.88 bits per heavy atom. The van der Waals surface area contributed by atoms with Gasteiger partial charge in [0, 0.05) is 54.7 Å². The number of esters is 1. The second kappa shape index (κ2) is 20.2. The molecule has 10 unspecified atom stereocenters. The zero-order valence-electron chi connectivity index (χ0n) is 43.3. The lowest BCUT2D eigenvalue weighted by atomic mass is 9.66. The third-order valence-electron chi connectivity index (χ3n) is 18.3. The number of dihydropyridines is 2. The van der Waals surface area contributed by atoms with Crippen LogP contribution >= 0.6 is 0 Å². The highest BCUT2D eigenvalue weighted by Crippen LogP contribution is 2.60. The molecule has 4 bridgehead atoms. The maximum absolute atomic E-state index is 15.8. The third kappa shape index (κ3) is 8.91. The number of nitrogens with two attached hydrogens (primary N) is 2. The minimum atomic E-state index is -2.13. The van der Waals surface area contributed by atoms with Crippen molar-refractivity contribution in [1.82, 2.24) is 31.9 Å². The van der Waals surface area contributed by atoms with E-state index in [4.69, 9.17) is 20.9 Å². The first kappa shape index (κ1) is 50.3. The van der Waals surface area contributed by atoms with Crippen molar-refractivity contribution in [3.63, 3.8) is 0 Å². The molecule has 10 atom stereocenters. The number of fused-ring (bicyclic) bond motifs is 1. The minimum Gasteiger partial charge on any atom is -0.463 e. The molecule has 4 aliphatic carbocycles. The molecule has 10 rings (SSSR count). The standard InChI is InChI=1S/C58H79N9O5/c1-6-63-45-30-38-15-11-14-37-13-7-8-24-55(3,31-36-18-20-46(59)65-33-36)32-39-16-12-17-43-48(39)51(69)58(53(70)71-34-40(45)29-44(37)38)57(72-58,50(43)68)27-22-35(2)56(25-9-10-26-56)49(67-54(60)62-5)41-23-28-64-52-42(41)19-21-47(61-4)66-52/h11-12,15-18,20,22-23,30,33,37,40,44-47,49,61,63-66H,6-10,13-14,19,21,24-29,31-32,34,59H2,1-5H3,(H3,60,62,67). The lowest BCUT2D eigenvalue weighted by molar-refractivity contribution is -0.150. The largest absolute Gasteiger partial charge is 0.463 e. The van der Waals surface area contributed by atoms with Crippen LogP contribution in [-0.2, 0) is 20.7 Å². The van der Waals surface area contributed by atoms with Crippen LogP contribution in [0.15, 0.2) is 106 Å². The van der Waals surface area contributed by atoms with Gasteiger partial charge in [0.15, 0.2) is 17.3 Å². The van der Waals surface area contributed by atoms with Crippen LogP contribution in [0.25, 0.3) is 0 Å². The van der Waals surface area contributed by atoms with E-state index < -0.39 is 28.4 Å². The molecular weight excluding hydrogens is 903 g/mol. The Hall–Kier alpha value is -5.28. The number of guanidine groups is 1. The van der Waals surface area contributed by atoms with Crippen molar-refractivity contribution >= 4 is 23.5 Å². The van der Waals surface area contributed by atoms with Gasteiger partial charge in [0.2, 0.25) is 5.78 Å². The maximum Gasteiger partial charge on any atom is 0.350 e. The maximum atomic E-state index is 15.8. The second-order valence-corrected chi connectivity index (χ2v) is 22.7. The zero-order valence-corrected chi connectivity index (χ0v) is 43.3. The van der Waals surface area contributed by atoms with E-state index in [0.717, 1.165) is 113 Å². The van der Waals surface area contributed by atoms with Gasteiger partial charge >= 0.3 is 5.97 Å². The van der Waals surface area contributed by atoms with Crippen molar-refractivity contribution in [1.29, 1.82) is 0 Å². The molecule has 386 valence electrons. The summed E-state index contributed by atoms with van der Waals surface area (Å²) < 4.78 is 13.2. The SMILES string of the molecule is CCNC1C=C2C=CCC3CCCCC(C)(CC4=CNC(N)C=C4)Cc4cccc5c4C(=O)C4(OC4(CC=C(C)C4(C(NC(N)=NC)C6=CCNC7=C6CCC(NC)N7)CCCC4)C5=O)C(=O)OCC1CC23. The Morgan fingerprint density at radius 3 is 2.64 bits per heavy atom. The topological polar surface area (TPSA) is 210 Å². The van der Waals surface area contributed by atoms with Gasteiger partial charge in [-0.15, -0.1) is 0 Å². The Morgan fingerprint density at radius 1 is 1.06 bits per heavy atom. The lowest BCUT2D eigenvalue weighted by Crippen LogP contribution is -2.54. The number of Topliss-reactive ketones (excluding diaryl/α,β-unsaturated/α-hetero) is 2. The predicted octanol–water partition coefficient (Wildman–Crippen LogP) is 6.54. The van der Waals surface area contributed by atoms with Gasteiger partial charge in [-0.05, 0) is 136 Å². The molecule has 1 saturated heterocycles. The number of carbonyl (C=O) groups is 3. The number of aliphatic imine (C=N–C) groups is 1. The molecule has 9 aliphatic rings. The summed E-state index contributed by atoms with van der Waals surface area (Å²) in [7, 11) is 3.67. The molecule has 72 heavy (non-hydrogen) atoms. The van der Waals surface area contributed by atoms with Crippen LogP contribution in [0.1, 0.15) is 137 Å². The lowest BCUT2D eigenvalue weighted by Gasteiger charge is -2.44. The number of hydrogen-bond donors (Lipinski definition) is 8. The van der Waals surface area contributed by atoms with Crippen molar-refractivity contribution in [2.75, 3.05) is 33.8 Å². The van der Waals surface area contributed by atoms with Crippen LogP contribution in [0, 0.1) is 28.6 Å². The molecule has 14 heteroatoms. The summed E-state index contributed by atoms with van der Waals surface area (Å²) in [6, 6.07) is 5.38. The van der Waals surface area contributed by atoms with Crippen molar-refractivity contribution in [2.45, 2.75) is 153 Å². The van der Waals surface area contributed by atoms with Crippen LogP contribution in [-0.4, -0.2) is 92.9 Å². The molecule has 1 aromatic rings. The number of nitrogens with zero attached hydrogens (tertiary/aromatic N) is 1. The first-order valence-electron chi connectivity index (χ1n) is 27.2. The summed E-state index contributed by atoms with van der Waals surface area (Å²) in [6.45, 7) is 8.06. The monoisotopic (exact) mass is 982 g/mol. The first-order valence-corrected chi connectivity index (χ1v) is 27.2. The predicted molar refractivity (Wildman–Crippen MR) is 282 cm³/mol. The number of ketones is 2. The van der Waals surface area contributed by atoms with E-state index in [-0.39, 0.29) is 54.6 Å². The molecule has 5 heterocycles. The molecule has 14 nitrogen and oxygen atoms in total. The Labute approximate surface area is 426 Å². The number of rotatable bonds is 11. The summed E-state index contributed by atoms with van der Waals surface area (Å²) in [6.07, 6.45) is 30.3. The smallest absolute Gasteiger partial charge is 0.350 e. The van der Waals surface area contributed by atoms with E-state index in [2.05, 4.69) is 94.1 Å². The fourth-order valence-electron chi connectivity index (χ4n) is 14.4. The molecule has 0 radical (unpaired) electrons. The summed E-state index contributed by atoms with van der Waals surface area (Å²) >= 11 is 0. The van der Waals surface area contributed by atoms with Gasteiger partial charge in [-0.1, -0.05) is 99.8 Å². The van der Waals surface area contributed by atoms with E-state index in [1.165, 1.54) is 16.7 Å². The number of cyclic esters (lactones) is 1. The second-order valence-electron chi connectivity index (χ2n) is 22.7. The van der Waals surface area contributed by atoms with E-state index in [0.29, 0.717) is 41.9 Å². The van der Waals surface area contributed by atoms with Crippen LogP contribution < -0.4 is 43.4 Å². The Bertz CT molecular complexity index is 2580. The summed E-state index contributed by atoms with van der Waals surface area (Å²) in [5.74, 6) is 0.607. The van der Waals surface area contributed by atoms with Crippen molar-refractivity contribution < 1.29 is 23.9 Å². The number of hydrogen-bond acceptors (Lipinski definition) is 12. The van der Waals surface area contributed by atoms with Crippen LogP contribution in [0.3, 0.4) is 0 Å². The van der Waals surface area contributed by atoms with Crippen LogP contribution in [0.4, 0.5) is 0 Å². The molecule has 1 saturated carbocycles. The molecule has 2 fully saturated rings. The molecule has 1 aromatic carbocycles. The molecule has 0 amide bonds. The van der Waals surface area contributed by atoms with E-state index in [9.17, 15) is 0 Å². The normalized spacial score (nSPS) is 34.7. The van der Waals surface area contributed by atoms with Gasteiger partial charge < -0.3 is 52.8 Å². The van der Waals surface area contributed by atoms with Gasteiger partial charge in [0.25, 0.3) is 5.60 Å². The van der Waals surface area contributed by atoms with Gasteiger partial charge in [0.1, 0.15) is 5.82 Å². The first-order chi connectivity index (χ1) is 34.8. The molecule has 0 aromatic heterocycles. The summed E-state index contributed by atoms with van der Waals surface area (Å²) in [4.78, 5) is 51.1. The van der Waals surface area contributed by atoms with Crippen LogP contribution in [0.5, 0.6) is 0 Å². The van der Waals surface area contributed by atoms with E-state index in [1.807, 2.05) is 31.5 Å². The number of nitrogens with one attached hydrogen (secondary N) is 6. The Balaban J connectivity index is 1.04. The number of allylic oxidation sites excluding steroid dienone is 5. The van der Waals surface area contributed by atoms with Crippen molar-refractivity contribution in [2.24, 2.45) is 45.0 Å². The molecular formula is C58H79N9O5. The van der Waals surface area contributed by atoms with Crippen molar-refractivity contribution in [3.8, 4) is 0 Å². The fourth-order valence-corrected chi connectivity index (χ4v) is 14.4. The quantitative estimate of drug-likeness (QED) is 0.0296. The highest BCUT2D eigenvalue weighted by molar-refractivity contribution is 6.33. The summed E-state index contributed by atoms with van der Waals surface area (Å²) in [5, 5.41) is 21.2. The molecule has 1 spiro atoms. The minimum absolute atomic E-state index is 0.0108. The highest BCUT2D eigenvalue weighted by Gasteiger charge is 2.85. The Kier molecular flexibility index (Phi) is 14.1. The van der Waals surface area contributed by atoms with Gasteiger partial charge in [-0.3, -0.25) is 14.6 Å². The number of epoxide rings is 1. The average Bonchev–Trinajstić information content (AvgIpc) is 3.85. The van der Waals surface area contributed by atoms with Crippen LogP contribution in [0.2, 0.25) is 0 Å². The van der Waals surface area contributed by atoms with Gasteiger partial charge in [-0.2, -0.15) is 0 Å². The highest BCUT2D eigenvalue weighted by atomic mass is 16.7. The number of likely N-dealkylation sites (N-methyl/N-ethyl adjacent to an activating group) is 1. The van der Waals surface area contributed by atoms with E-state index >= 15 is 14.4 Å². The van der Waals surface area contributed by atoms with Gasteiger partial charge in [-0.25, -0.2) is 4.79 Å². The number of carbonyl (C=O) groups excluding carboxylic acids is 3. The van der Waals surface area contributed by atoms with Gasteiger partial charge in [0.05, 0.1) is 25.0 Å². The zero-order chi connectivity index (χ0) is 50.4. The summed E-state index contributed by atoms with van der Waals surface area (Å²) in [5.41, 5.74) is 15.5. The third-order valence-corrected chi connectivity index (χ3v) is 18.3. The number of benzene rings is 1.